The third-order valence-corrected chi connectivity index (χ3v) is 2.99. The number of piperidine rings is 1. The maximum absolute atomic E-state index is 4.48. The van der Waals surface area contributed by atoms with Gasteiger partial charge in [-0.05, 0) is 32.0 Å². The molecular weight excluding hydrogens is 287 g/mol. The van der Waals surface area contributed by atoms with E-state index in [4.69, 9.17) is 0 Å². The van der Waals surface area contributed by atoms with Crippen LogP contribution in [-0.2, 0) is 0 Å². The van der Waals surface area contributed by atoms with Crippen molar-refractivity contribution >= 4 is 24.8 Å². The molecule has 1 aliphatic rings. The quantitative estimate of drug-likeness (QED) is 0.880. The van der Waals surface area contributed by atoms with Crippen LogP contribution in [0.15, 0.2) is 18.5 Å². The standard InChI is InChI=1S/C11H14N6.2ClH/c1-4-13-10(14-5-1)11-15-9(16-17-11)8-2-6-12-7-3-8;;/h1,4-5,8,12H,2-3,6-7H2,(H,15,16,17);2*1H. The summed E-state index contributed by atoms with van der Waals surface area (Å²) >= 11 is 0. The second kappa shape index (κ2) is 7.37. The number of aromatic amines is 1. The van der Waals surface area contributed by atoms with Crippen molar-refractivity contribution in [3.05, 3.63) is 24.3 Å². The Hall–Kier alpha value is -1.24. The van der Waals surface area contributed by atoms with Crippen LogP contribution in [0, 0.1) is 0 Å². The Balaban J connectivity index is 0.000000902. The Labute approximate surface area is 123 Å². The van der Waals surface area contributed by atoms with Gasteiger partial charge in [0, 0.05) is 18.3 Å². The Morgan fingerprint density at radius 1 is 1.00 bits per heavy atom. The van der Waals surface area contributed by atoms with Gasteiger partial charge in [0.15, 0.2) is 5.82 Å². The topological polar surface area (TPSA) is 79.4 Å². The minimum atomic E-state index is 0. The van der Waals surface area contributed by atoms with Crippen molar-refractivity contribution in [2.24, 2.45) is 0 Å². The highest BCUT2D eigenvalue weighted by atomic mass is 35.5. The van der Waals surface area contributed by atoms with Crippen LogP contribution in [0.4, 0.5) is 0 Å². The van der Waals surface area contributed by atoms with E-state index in [0.717, 1.165) is 31.8 Å². The number of nitrogens with one attached hydrogen (secondary N) is 2. The van der Waals surface area contributed by atoms with Crippen LogP contribution in [0.25, 0.3) is 11.6 Å². The van der Waals surface area contributed by atoms with Gasteiger partial charge in [-0.25, -0.2) is 15.0 Å². The van der Waals surface area contributed by atoms with E-state index < -0.39 is 0 Å². The molecule has 0 aromatic carbocycles. The zero-order chi connectivity index (χ0) is 11.5. The summed E-state index contributed by atoms with van der Waals surface area (Å²) in [5.74, 6) is 2.58. The van der Waals surface area contributed by atoms with E-state index in [1.165, 1.54) is 0 Å². The van der Waals surface area contributed by atoms with Crippen molar-refractivity contribution in [3.63, 3.8) is 0 Å². The molecule has 1 aliphatic heterocycles. The molecular formula is C11H16Cl2N6. The third-order valence-electron chi connectivity index (χ3n) is 2.99. The molecule has 2 aromatic heterocycles. The number of hydrogen-bond acceptors (Lipinski definition) is 5. The van der Waals surface area contributed by atoms with E-state index in [-0.39, 0.29) is 24.8 Å². The molecule has 104 valence electrons. The van der Waals surface area contributed by atoms with Crippen LogP contribution in [-0.4, -0.2) is 38.2 Å². The van der Waals surface area contributed by atoms with Crippen LogP contribution in [0.3, 0.4) is 0 Å². The Kier molecular flexibility index (Phi) is 6.14. The molecule has 0 atom stereocenters. The lowest BCUT2D eigenvalue weighted by Crippen LogP contribution is -2.27. The molecule has 2 N–H and O–H groups in total. The molecule has 1 fully saturated rings. The highest BCUT2D eigenvalue weighted by Gasteiger charge is 2.19. The maximum Gasteiger partial charge on any atom is 0.218 e. The average molecular weight is 303 g/mol. The molecule has 2 aromatic rings. The van der Waals surface area contributed by atoms with Gasteiger partial charge in [0.05, 0.1) is 0 Å². The van der Waals surface area contributed by atoms with Crippen LogP contribution in [0.2, 0.25) is 0 Å². The lowest BCUT2D eigenvalue weighted by Gasteiger charge is -2.19. The number of nitrogens with zero attached hydrogens (tertiary/aromatic N) is 4. The molecule has 0 radical (unpaired) electrons. The normalized spacial score (nSPS) is 15.4. The lowest BCUT2D eigenvalue weighted by molar-refractivity contribution is 0.446. The first kappa shape index (κ1) is 15.8. The first-order chi connectivity index (χ1) is 8.43. The Morgan fingerprint density at radius 3 is 2.37 bits per heavy atom. The highest BCUT2D eigenvalue weighted by Crippen LogP contribution is 2.22. The van der Waals surface area contributed by atoms with E-state index in [1.807, 2.05) is 0 Å². The van der Waals surface area contributed by atoms with Gasteiger partial charge >= 0.3 is 0 Å². The van der Waals surface area contributed by atoms with E-state index in [1.54, 1.807) is 18.5 Å². The van der Waals surface area contributed by atoms with Gasteiger partial charge in [-0.1, -0.05) is 0 Å². The number of aromatic nitrogens is 5. The predicted octanol–water partition coefficient (Wildman–Crippen LogP) is 1.57. The van der Waals surface area contributed by atoms with Crippen molar-refractivity contribution in [1.82, 2.24) is 30.5 Å². The zero-order valence-corrected chi connectivity index (χ0v) is 11.9. The molecule has 19 heavy (non-hydrogen) atoms. The molecule has 0 bridgehead atoms. The van der Waals surface area contributed by atoms with Crippen molar-refractivity contribution in [3.8, 4) is 11.6 Å². The summed E-state index contributed by atoms with van der Waals surface area (Å²) in [4.78, 5) is 12.8. The molecule has 3 rings (SSSR count). The Bertz CT molecular complexity index is 483. The second-order valence-electron chi connectivity index (χ2n) is 4.14. The predicted molar refractivity (Wildman–Crippen MR) is 76.7 cm³/mol. The van der Waals surface area contributed by atoms with Gasteiger partial charge in [0.2, 0.25) is 5.82 Å². The largest absolute Gasteiger partial charge is 0.317 e. The van der Waals surface area contributed by atoms with Gasteiger partial charge in [-0.15, -0.1) is 29.9 Å². The first-order valence-corrected chi connectivity index (χ1v) is 5.84. The first-order valence-electron chi connectivity index (χ1n) is 5.84. The van der Waals surface area contributed by atoms with Crippen LogP contribution < -0.4 is 5.32 Å². The molecule has 0 saturated carbocycles. The fourth-order valence-corrected chi connectivity index (χ4v) is 2.07. The summed E-state index contributed by atoms with van der Waals surface area (Å²) in [5.41, 5.74) is 0. The minimum absolute atomic E-state index is 0. The molecule has 1 saturated heterocycles. The van der Waals surface area contributed by atoms with Gasteiger partial charge < -0.3 is 5.32 Å². The molecule has 6 nitrogen and oxygen atoms in total. The number of rotatable bonds is 2. The zero-order valence-electron chi connectivity index (χ0n) is 10.2. The fraction of sp³-hybridized carbons (Fsp3) is 0.455. The number of hydrogen-bond donors (Lipinski definition) is 2. The second-order valence-corrected chi connectivity index (χ2v) is 4.14. The third kappa shape index (κ3) is 3.62. The van der Waals surface area contributed by atoms with Crippen molar-refractivity contribution in [2.75, 3.05) is 13.1 Å². The molecule has 0 aliphatic carbocycles. The SMILES string of the molecule is Cl.Cl.c1cnc(-c2n[nH]c(C3CCNCC3)n2)nc1. The monoisotopic (exact) mass is 302 g/mol. The minimum Gasteiger partial charge on any atom is -0.317 e. The van der Waals surface area contributed by atoms with E-state index in [9.17, 15) is 0 Å². The summed E-state index contributed by atoms with van der Waals surface area (Å²) in [7, 11) is 0. The molecule has 0 spiro atoms. The Morgan fingerprint density at radius 2 is 1.68 bits per heavy atom. The maximum atomic E-state index is 4.48. The van der Waals surface area contributed by atoms with Gasteiger partial charge in [0.25, 0.3) is 0 Å². The van der Waals surface area contributed by atoms with Gasteiger partial charge in [-0.2, -0.15) is 0 Å². The van der Waals surface area contributed by atoms with E-state index >= 15 is 0 Å². The van der Waals surface area contributed by atoms with Crippen LogP contribution in [0.1, 0.15) is 24.6 Å². The van der Waals surface area contributed by atoms with Crippen molar-refractivity contribution in [1.29, 1.82) is 0 Å². The number of H-pyrrole nitrogens is 1. The summed E-state index contributed by atoms with van der Waals surface area (Å²) in [6.45, 7) is 2.09. The molecule has 0 amide bonds. The fourth-order valence-electron chi connectivity index (χ4n) is 2.07. The summed E-state index contributed by atoms with van der Waals surface area (Å²) in [6, 6.07) is 1.78. The molecule has 3 heterocycles. The lowest BCUT2D eigenvalue weighted by atomic mass is 9.98. The summed E-state index contributed by atoms with van der Waals surface area (Å²) < 4.78 is 0. The van der Waals surface area contributed by atoms with Crippen LogP contribution in [0.5, 0.6) is 0 Å². The van der Waals surface area contributed by atoms with Gasteiger partial charge in [-0.3, -0.25) is 5.10 Å². The summed E-state index contributed by atoms with van der Waals surface area (Å²) in [5, 5.41) is 10.5. The van der Waals surface area contributed by atoms with Crippen molar-refractivity contribution < 1.29 is 0 Å². The molecule has 8 heteroatoms. The number of halogens is 2. The van der Waals surface area contributed by atoms with E-state index in [0.29, 0.717) is 17.6 Å². The highest BCUT2D eigenvalue weighted by molar-refractivity contribution is 5.85. The van der Waals surface area contributed by atoms with Crippen molar-refractivity contribution in [2.45, 2.75) is 18.8 Å². The van der Waals surface area contributed by atoms with Crippen LogP contribution >= 0.6 is 24.8 Å². The average Bonchev–Trinajstić information content (AvgIpc) is 2.90. The van der Waals surface area contributed by atoms with Gasteiger partial charge in [0.1, 0.15) is 5.82 Å². The van der Waals surface area contributed by atoms with E-state index in [2.05, 4.69) is 30.5 Å². The summed E-state index contributed by atoms with van der Waals surface area (Å²) in [6.07, 6.45) is 5.60. The smallest absolute Gasteiger partial charge is 0.218 e. The molecule has 0 unspecified atom stereocenters.